The molecular formula is C17H25ClN4O. The minimum Gasteiger partial charge on any atom is -0.352 e. The van der Waals surface area contributed by atoms with Gasteiger partial charge in [0, 0.05) is 30.4 Å². The van der Waals surface area contributed by atoms with Crippen LogP contribution in [0.15, 0.2) is 24.5 Å². The second-order valence-electron chi connectivity index (χ2n) is 6.20. The van der Waals surface area contributed by atoms with E-state index in [1.807, 2.05) is 18.3 Å². The first-order valence-electron chi connectivity index (χ1n) is 8.18. The quantitative estimate of drug-likeness (QED) is 0.784. The molecule has 0 spiro atoms. The van der Waals surface area contributed by atoms with E-state index in [1.165, 1.54) is 32.1 Å². The third-order valence-corrected chi connectivity index (χ3v) is 4.71. The highest BCUT2D eigenvalue weighted by Crippen LogP contribution is 2.26. The maximum Gasteiger partial charge on any atom is 0.224 e. The molecule has 0 aliphatic heterocycles. The number of nitrogens with two attached hydrogens (primary N) is 1. The number of aromatic amines is 1. The van der Waals surface area contributed by atoms with Gasteiger partial charge in [-0.15, -0.1) is 12.4 Å². The Labute approximate surface area is 142 Å². The molecule has 6 heteroatoms. The zero-order chi connectivity index (χ0) is 15.4. The van der Waals surface area contributed by atoms with Crippen molar-refractivity contribution in [2.45, 2.75) is 44.6 Å². The highest BCUT2D eigenvalue weighted by atomic mass is 35.5. The van der Waals surface area contributed by atoms with Crippen LogP contribution in [-0.2, 0) is 11.2 Å². The Morgan fingerprint density at radius 2 is 2.17 bits per heavy atom. The standard InChI is InChI=1S/C17H24N4O.ClH/c18-10-15(12-5-2-1-3-6-12)21-16(22)9-13-11-20-17-14(13)7-4-8-19-17;/h4,7-8,11-12,15H,1-3,5-6,9-10,18H2,(H,19,20)(H,21,22);1H. The highest BCUT2D eigenvalue weighted by Gasteiger charge is 2.24. The summed E-state index contributed by atoms with van der Waals surface area (Å²) < 4.78 is 0. The fourth-order valence-electron chi connectivity index (χ4n) is 3.50. The van der Waals surface area contributed by atoms with E-state index in [9.17, 15) is 4.79 Å². The number of fused-ring (bicyclic) bond motifs is 1. The summed E-state index contributed by atoms with van der Waals surface area (Å²) >= 11 is 0. The monoisotopic (exact) mass is 336 g/mol. The van der Waals surface area contributed by atoms with E-state index in [0.29, 0.717) is 18.9 Å². The number of pyridine rings is 1. The van der Waals surface area contributed by atoms with Crippen molar-refractivity contribution in [3.63, 3.8) is 0 Å². The molecule has 0 radical (unpaired) electrons. The van der Waals surface area contributed by atoms with Gasteiger partial charge < -0.3 is 16.0 Å². The third kappa shape index (κ3) is 4.24. The number of H-pyrrole nitrogens is 1. The summed E-state index contributed by atoms with van der Waals surface area (Å²) in [4.78, 5) is 19.7. The van der Waals surface area contributed by atoms with Gasteiger partial charge in [0.15, 0.2) is 0 Å². The first-order valence-corrected chi connectivity index (χ1v) is 8.18. The molecular weight excluding hydrogens is 312 g/mol. The van der Waals surface area contributed by atoms with Gasteiger partial charge in [0.1, 0.15) is 5.65 Å². The fourth-order valence-corrected chi connectivity index (χ4v) is 3.50. The maximum atomic E-state index is 12.4. The first-order chi connectivity index (χ1) is 10.8. The molecule has 0 aromatic carbocycles. The lowest BCUT2D eigenvalue weighted by atomic mass is 9.84. The van der Waals surface area contributed by atoms with Gasteiger partial charge in [-0.1, -0.05) is 19.3 Å². The molecule has 1 fully saturated rings. The Morgan fingerprint density at radius 1 is 1.39 bits per heavy atom. The number of hydrogen-bond donors (Lipinski definition) is 3. The molecule has 1 saturated carbocycles. The van der Waals surface area contributed by atoms with Crippen LogP contribution in [0.1, 0.15) is 37.7 Å². The van der Waals surface area contributed by atoms with Crippen molar-refractivity contribution in [2.75, 3.05) is 6.54 Å². The van der Waals surface area contributed by atoms with Crippen LogP contribution in [-0.4, -0.2) is 28.5 Å². The van der Waals surface area contributed by atoms with Crippen molar-refractivity contribution in [3.8, 4) is 0 Å². The lowest BCUT2D eigenvalue weighted by Gasteiger charge is -2.30. The van der Waals surface area contributed by atoms with Crippen LogP contribution >= 0.6 is 12.4 Å². The van der Waals surface area contributed by atoms with E-state index >= 15 is 0 Å². The SMILES string of the molecule is Cl.NCC(NC(=O)Cc1c[nH]c2ncccc12)C1CCCCC1. The molecule has 5 nitrogen and oxygen atoms in total. The maximum absolute atomic E-state index is 12.4. The van der Waals surface area contributed by atoms with E-state index < -0.39 is 0 Å². The van der Waals surface area contributed by atoms with Crippen LogP contribution < -0.4 is 11.1 Å². The van der Waals surface area contributed by atoms with Crippen molar-refractivity contribution in [3.05, 3.63) is 30.1 Å². The Balaban J connectivity index is 0.00000192. The lowest BCUT2D eigenvalue weighted by molar-refractivity contribution is -0.121. The Kier molecular flexibility index (Phi) is 6.42. The molecule has 1 unspecified atom stereocenters. The van der Waals surface area contributed by atoms with Gasteiger partial charge in [-0.3, -0.25) is 4.79 Å². The Morgan fingerprint density at radius 3 is 2.91 bits per heavy atom. The summed E-state index contributed by atoms with van der Waals surface area (Å²) in [6.45, 7) is 0.520. The Hall–Kier alpha value is -1.59. The normalized spacial score (nSPS) is 16.7. The van der Waals surface area contributed by atoms with Crippen LogP contribution in [0.2, 0.25) is 0 Å². The first kappa shape index (κ1) is 17.8. The van der Waals surface area contributed by atoms with Crippen LogP contribution in [0, 0.1) is 5.92 Å². The molecule has 1 amide bonds. The molecule has 0 bridgehead atoms. The highest BCUT2D eigenvalue weighted by molar-refractivity contribution is 5.87. The molecule has 23 heavy (non-hydrogen) atoms. The van der Waals surface area contributed by atoms with E-state index in [0.717, 1.165) is 16.6 Å². The Bertz CT molecular complexity index is 636. The van der Waals surface area contributed by atoms with Gasteiger partial charge in [-0.2, -0.15) is 0 Å². The molecule has 1 aliphatic rings. The predicted octanol–water partition coefficient (Wildman–Crippen LogP) is 2.55. The molecule has 1 atom stereocenters. The summed E-state index contributed by atoms with van der Waals surface area (Å²) in [5, 5.41) is 4.15. The number of rotatable bonds is 5. The minimum absolute atomic E-state index is 0. The summed E-state index contributed by atoms with van der Waals surface area (Å²) in [7, 11) is 0. The summed E-state index contributed by atoms with van der Waals surface area (Å²) in [6, 6.07) is 3.99. The molecule has 126 valence electrons. The lowest BCUT2D eigenvalue weighted by Crippen LogP contribution is -2.46. The summed E-state index contributed by atoms with van der Waals surface area (Å²) in [5.41, 5.74) is 7.70. The van der Waals surface area contributed by atoms with Gasteiger partial charge in [0.05, 0.1) is 6.42 Å². The molecule has 0 saturated heterocycles. The number of carbonyl (C=O) groups is 1. The molecule has 4 N–H and O–H groups in total. The van der Waals surface area contributed by atoms with Crippen LogP contribution in [0.3, 0.4) is 0 Å². The fraction of sp³-hybridized carbons (Fsp3) is 0.529. The van der Waals surface area contributed by atoms with Crippen LogP contribution in [0.25, 0.3) is 11.0 Å². The van der Waals surface area contributed by atoms with E-state index in [1.54, 1.807) is 6.20 Å². The van der Waals surface area contributed by atoms with Crippen LogP contribution in [0.5, 0.6) is 0 Å². The van der Waals surface area contributed by atoms with E-state index in [2.05, 4.69) is 15.3 Å². The second-order valence-corrected chi connectivity index (χ2v) is 6.20. The molecule has 2 aromatic rings. The van der Waals surface area contributed by atoms with Crippen molar-refractivity contribution in [1.29, 1.82) is 0 Å². The number of aromatic nitrogens is 2. The molecule has 2 aromatic heterocycles. The van der Waals surface area contributed by atoms with Crippen molar-refractivity contribution < 1.29 is 4.79 Å². The van der Waals surface area contributed by atoms with Crippen LogP contribution in [0.4, 0.5) is 0 Å². The minimum atomic E-state index is 0. The van der Waals surface area contributed by atoms with Gasteiger partial charge in [0.25, 0.3) is 0 Å². The topological polar surface area (TPSA) is 83.8 Å². The van der Waals surface area contributed by atoms with Gasteiger partial charge in [0.2, 0.25) is 5.91 Å². The smallest absolute Gasteiger partial charge is 0.224 e. The average Bonchev–Trinajstić information content (AvgIpc) is 2.96. The second kappa shape index (κ2) is 8.31. The largest absolute Gasteiger partial charge is 0.352 e. The number of nitrogens with one attached hydrogen (secondary N) is 2. The van der Waals surface area contributed by atoms with Gasteiger partial charge in [-0.25, -0.2) is 4.98 Å². The van der Waals surface area contributed by atoms with Crippen molar-refractivity contribution >= 4 is 29.3 Å². The van der Waals surface area contributed by atoms with E-state index in [4.69, 9.17) is 5.73 Å². The number of halogens is 1. The number of nitrogens with zero attached hydrogens (tertiary/aromatic N) is 1. The van der Waals surface area contributed by atoms with Crippen molar-refractivity contribution in [2.24, 2.45) is 11.7 Å². The average molecular weight is 337 g/mol. The predicted molar refractivity (Wildman–Crippen MR) is 94.6 cm³/mol. The zero-order valence-corrected chi connectivity index (χ0v) is 14.1. The summed E-state index contributed by atoms with van der Waals surface area (Å²) in [5.74, 6) is 0.582. The van der Waals surface area contributed by atoms with Gasteiger partial charge in [-0.05, 0) is 36.5 Å². The number of amides is 1. The molecule has 1 aliphatic carbocycles. The molecule has 3 rings (SSSR count). The third-order valence-electron chi connectivity index (χ3n) is 4.71. The number of carbonyl (C=O) groups excluding carboxylic acids is 1. The molecule has 2 heterocycles. The number of hydrogen-bond acceptors (Lipinski definition) is 3. The zero-order valence-electron chi connectivity index (χ0n) is 13.3. The van der Waals surface area contributed by atoms with Gasteiger partial charge >= 0.3 is 0 Å². The van der Waals surface area contributed by atoms with Crippen molar-refractivity contribution in [1.82, 2.24) is 15.3 Å². The van der Waals surface area contributed by atoms with E-state index in [-0.39, 0.29) is 24.4 Å². The summed E-state index contributed by atoms with van der Waals surface area (Å²) in [6.07, 6.45) is 10.2.